The molecule has 2 aliphatic heterocycles. The van der Waals surface area contributed by atoms with Gasteiger partial charge in [-0.1, -0.05) is 0 Å². The molecule has 2 atom stereocenters. The first-order valence-electron chi connectivity index (χ1n) is 9.88. The zero-order valence-corrected chi connectivity index (χ0v) is 17.1. The van der Waals surface area contributed by atoms with Gasteiger partial charge in [0.25, 0.3) is 5.91 Å². The van der Waals surface area contributed by atoms with Crippen LogP contribution in [0.25, 0.3) is 0 Å². The van der Waals surface area contributed by atoms with Crippen molar-refractivity contribution in [1.82, 2.24) is 15.5 Å². The van der Waals surface area contributed by atoms with E-state index in [0.29, 0.717) is 37.6 Å². The Kier molecular flexibility index (Phi) is 6.39. The summed E-state index contributed by atoms with van der Waals surface area (Å²) < 4.78 is 46.1. The number of halogens is 3. The van der Waals surface area contributed by atoms with E-state index in [4.69, 9.17) is 15.9 Å². The van der Waals surface area contributed by atoms with Crippen molar-refractivity contribution in [3.63, 3.8) is 0 Å². The maximum absolute atomic E-state index is 13.6. The number of hydrogen-bond donors (Lipinski definition) is 4. The van der Waals surface area contributed by atoms with E-state index in [0.717, 1.165) is 0 Å². The third-order valence-corrected chi connectivity index (χ3v) is 5.32. The summed E-state index contributed by atoms with van der Waals surface area (Å²) in [4.78, 5) is 13.5. The molecule has 0 aromatic carbocycles. The molecule has 9 nitrogen and oxygen atoms in total. The van der Waals surface area contributed by atoms with Gasteiger partial charge in [0, 0.05) is 36.3 Å². The summed E-state index contributed by atoms with van der Waals surface area (Å²) in [5.74, 6) is -3.92. The molecular weight excluding hydrogens is 417 g/mol. The van der Waals surface area contributed by atoms with Gasteiger partial charge in [-0.2, -0.15) is 13.2 Å². The van der Waals surface area contributed by atoms with Gasteiger partial charge >= 0.3 is 6.18 Å². The van der Waals surface area contributed by atoms with Gasteiger partial charge in [0.1, 0.15) is 17.9 Å². The fourth-order valence-electron chi connectivity index (χ4n) is 3.82. The van der Waals surface area contributed by atoms with Gasteiger partial charge in [0.15, 0.2) is 5.82 Å². The molecule has 5 N–H and O–H groups in total. The molecule has 1 aromatic heterocycles. The largest absolute Gasteiger partial charge is 0.474 e. The topological polar surface area (TPSA) is 137 Å². The van der Waals surface area contributed by atoms with Crippen molar-refractivity contribution in [2.24, 2.45) is 17.6 Å². The summed E-state index contributed by atoms with van der Waals surface area (Å²) in [6.07, 6.45) is -6.45. The van der Waals surface area contributed by atoms with Crippen molar-refractivity contribution < 1.29 is 27.8 Å². The van der Waals surface area contributed by atoms with E-state index in [1.54, 1.807) is 12.1 Å². The number of hydrogen-bond acceptors (Lipinski definition) is 8. The molecule has 0 bridgehead atoms. The molecule has 0 aliphatic carbocycles. The number of aliphatic hydroxyl groups excluding tert-OH is 1. The highest BCUT2D eigenvalue weighted by Crippen LogP contribution is 2.40. The zero-order chi connectivity index (χ0) is 22.9. The average molecular weight is 442 g/mol. The van der Waals surface area contributed by atoms with E-state index in [1.165, 1.54) is 0 Å². The fraction of sp³-hybridized carbons (Fsp3) is 0.579. The summed E-state index contributed by atoms with van der Waals surface area (Å²) in [5, 5.41) is 27.8. The van der Waals surface area contributed by atoms with Crippen LogP contribution in [0.5, 0.6) is 5.88 Å². The Bertz CT molecular complexity index is 864. The Morgan fingerprint density at radius 1 is 1.32 bits per heavy atom. The van der Waals surface area contributed by atoms with Gasteiger partial charge in [-0.25, -0.2) is 0 Å². The molecule has 1 amide bonds. The lowest BCUT2D eigenvalue weighted by molar-refractivity contribution is -0.191. The predicted octanol–water partition coefficient (Wildman–Crippen LogP) is 1.34. The Morgan fingerprint density at radius 2 is 1.97 bits per heavy atom. The quantitative estimate of drug-likeness (QED) is 0.552. The Morgan fingerprint density at radius 3 is 2.48 bits per heavy atom. The van der Waals surface area contributed by atoms with Crippen LogP contribution in [0.15, 0.2) is 23.4 Å². The normalized spacial score (nSPS) is 24.9. The van der Waals surface area contributed by atoms with E-state index in [1.807, 2.05) is 24.1 Å². The number of carbonyl (C=O) groups is 1. The maximum atomic E-state index is 13.6. The molecule has 3 rings (SSSR count). The molecule has 0 radical (unpaired) electrons. The van der Waals surface area contributed by atoms with E-state index in [-0.39, 0.29) is 11.8 Å². The van der Waals surface area contributed by atoms with Crippen molar-refractivity contribution in [1.29, 1.82) is 5.41 Å². The van der Waals surface area contributed by atoms with Crippen molar-refractivity contribution in [2.75, 3.05) is 18.0 Å². The molecule has 31 heavy (non-hydrogen) atoms. The molecule has 1 aromatic rings. The van der Waals surface area contributed by atoms with E-state index in [2.05, 4.69) is 10.2 Å². The second kappa shape index (κ2) is 8.69. The van der Waals surface area contributed by atoms with Gasteiger partial charge in [-0.3, -0.25) is 10.2 Å². The number of anilines is 1. The second-order valence-electron chi connectivity index (χ2n) is 7.86. The van der Waals surface area contributed by atoms with Crippen molar-refractivity contribution >= 4 is 17.6 Å². The summed E-state index contributed by atoms with van der Waals surface area (Å²) in [6, 6.07) is 3.46. The fourth-order valence-corrected chi connectivity index (χ4v) is 3.82. The molecule has 0 spiro atoms. The van der Waals surface area contributed by atoms with Crippen LogP contribution in [-0.2, 0) is 4.79 Å². The van der Waals surface area contributed by atoms with E-state index >= 15 is 0 Å². The zero-order valence-electron chi connectivity index (χ0n) is 17.1. The number of amides is 1. The number of piperidine rings is 2. The molecule has 0 unspecified atom stereocenters. The number of allylic oxidation sites excluding steroid dienone is 1. The number of nitrogens with two attached hydrogens (primary N) is 1. The monoisotopic (exact) mass is 442 g/mol. The van der Waals surface area contributed by atoms with Gasteiger partial charge in [-0.15, -0.1) is 10.2 Å². The van der Waals surface area contributed by atoms with Gasteiger partial charge in [0.2, 0.25) is 5.88 Å². The molecule has 2 fully saturated rings. The number of nitrogens with one attached hydrogen (secondary N) is 2. The summed E-state index contributed by atoms with van der Waals surface area (Å²) >= 11 is 0. The molecule has 2 saturated heterocycles. The van der Waals surface area contributed by atoms with Gasteiger partial charge in [-0.05, 0) is 32.8 Å². The molecular formula is C19H25F3N6O3. The van der Waals surface area contributed by atoms with Crippen LogP contribution in [0.4, 0.5) is 19.0 Å². The minimum Gasteiger partial charge on any atom is -0.474 e. The van der Waals surface area contributed by atoms with Gasteiger partial charge < -0.3 is 25.8 Å². The molecule has 0 saturated carbocycles. The number of rotatable bonds is 4. The van der Waals surface area contributed by atoms with E-state index in [9.17, 15) is 23.1 Å². The molecule has 170 valence electrons. The summed E-state index contributed by atoms with van der Waals surface area (Å²) in [6.45, 7) is 4.69. The van der Waals surface area contributed by atoms with Gasteiger partial charge in [0.05, 0.1) is 6.10 Å². The van der Waals surface area contributed by atoms with Crippen LogP contribution in [0, 0.1) is 17.2 Å². The maximum Gasteiger partial charge on any atom is 0.398 e. The number of alkyl halides is 3. The van der Waals surface area contributed by atoms with Crippen molar-refractivity contribution in [3.05, 3.63) is 23.4 Å². The average Bonchev–Trinajstić information content (AvgIpc) is 2.69. The Balaban J connectivity index is 1.75. The Hall–Kier alpha value is -2.89. The second-order valence-corrected chi connectivity index (χ2v) is 7.86. The third kappa shape index (κ3) is 4.89. The van der Waals surface area contributed by atoms with Crippen LogP contribution in [0.1, 0.15) is 26.7 Å². The highest BCUT2D eigenvalue weighted by Gasteiger charge is 2.54. The number of aliphatic hydroxyl groups is 1. The summed E-state index contributed by atoms with van der Waals surface area (Å²) in [5.41, 5.74) is 5.38. The highest BCUT2D eigenvalue weighted by molar-refractivity contribution is 6.11. The standard InChI is InChI=1S/C19H25F3N6O3/c1-9(2)31-12-4-3-11(26-27-12)28-7-5-10(6-8-28)15(23)13-14(19(20,21)22)16(29)18(30)25-17(13)24/h3-4,9-10,14,16,29H,5-8,23H2,1-2H3,(H2,24,25,30)/t14-,16-/m1/s1. The van der Waals surface area contributed by atoms with Crippen molar-refractivity contribution in [2.45, 2.75) is 45.1 Å². The minimum atomic E-state index is -4.92. The first kappa shape index (κ1) is 22.8. The summed E-state index contributed by atoms with van der Waals surface area (Å²) in [7, 11) is 0. The van der Waals surface area contributed by atoms with Crippen LogP contribution in [0.3, 0.4) is 0 Å². The third-order valence-electron chi connectivity index (χ3n) is 5.32. The van der Waals surface area contributed by atoms with Crippen LogP contribution in [0.2, 0.25) is 0 Å². The lowest BCUT2D eigenvalue weighted by Gasteiger charge is -2.37. The highest BCUT2D eigenvalue weighted by atomic mass is 19.4. The van der Waals surface area contributed by atoms with E-state index < -0.39 is 41.4 Å². The number of nitrogens with zero attached hydrogens (tertiary/aromatic N) is 3. The smallest absolute Gasteiger partial charge is 0.398 e. The molecule has 2 aliphatic rings. The minimum absolute atomic E-state index is 0.0331. The number of aromatic nitrogens is 2. The number of carbonyl (C=O) groups excluding carboxylic acids is 1. The van der Waals surface area contributed by atoms with Crippen LogP contribution < -0.4 is 20.7 Å². The first-order valence-corrected chi connectivity index (χ1v) is 9.88. The number of ether oxygens (including phenoxy) is 1. The van der Waals surface area contributed by atoms with Crippen LogP contribution >= 0.6 is 0 Å². The SMILES string of the molecule is CC(C)Oc1ccc(N2CCC(C(N)=C3C(=N)NC(=O)[C@H](O)[C@@H]3C(F)(F)F)CC2)nn1. The predicted molar refractivity (Wildman–Crippen MR) is 105 cm³/mol. The Labute approximate surface area is 177 Å². The molecule has 3 heterocycles. The van der Waals surface area contributed by atoms with Crippen LogP contribution in [-0.4, -0.2) is 58.5 Å². The number of amidine groups is 1. The van der Waals surface area contributed by atoms with Crippen molar-refractivity contribution in [3.8, 4) is 5.88 Å². The molecule has 12 heteroatoms. The lowest BCUT2D eigenvalue weighted by Crippen LogP contribution is -2.56. The lowest BCUT2D eigenvalue weighted by atomic mass is 9.81. The first-order chi connectivity index (χ1) is 14.5.